The van der Waals surface area contributed by atoms with Gasteiger partial charge >= 0.3 is 0 Å². The van der Waals surface area contributed by atoms with Gasteiger partial charge in [-0.05, 0) is 36.8 Å². The third kappa shape index (κ3) is 7.52. The Balaban J connectivity index is 0.00000312. The highest BCUT2D eigenvalue weighted by molar-refractivity contribution is 14.0. The molecule has 0 unspecified atom stereocenters. The molecule has 2 rings (SSSR count). The monoisotopic (exact) mass is 478 g/mol. The lowest BCUT2D eigenvalue weighted by Gasteiger charge is -2.27. The van der Waals surface area contributed by atoms with E-state index in [1.807, 2.05) is 4.90 Å². The van der Waals surface area contributed by atoms with Crippen LogP contribution in [0.25, 0.3) is 0 Å². The molecule has 142 valence electrons. The average Bonchev–Trinajstić information content (AvgIpc) is 3.06. The fourth-order valence-electron chi connectivity index (χ4n) is 2.80. The van der Waals surface area contributed by atoms with Crippen LogP contribution in [0.15, 0.2) is 16.4 Å². The van der Waals surface area contributed by atoms with Crippen molar-refractivity contribution in [1.82, 2.24) is 15.5 Å². The van der Waals surface area contributed by atoms with Gasteiger partial charge in [0.1, 0.15) is 0 Å². The molecule has 25 heavy (non-hydrogen) atoms. The number of hydrogen-bond donors (Lipinski definition) is 2. The Morgan fingerprint density at radius 1 is 1.32 bits per heavy atom. The first kappa shape index (κ1) is 22.2. The number of thiophene rings is 1. The second kappa shape index (κ2) is 12.5. The van der Waals surface area contributed by atoms with Crippen molar-refractivity contribution in [3.63, 3.8) is 0 Å². The van der Waals surface area contributed by atoms with Gasteiger partial charge in [0.2, 0.25) is 5.91 Å². The zero-order valence-electron chi connectivity index (χ0n) is 15.3. The number of nitrogens with one attached hydrogen (secondary N) is 2. The van der Waals surface area contributed by atoms with Gasteiger partial charge in [0.05, 0.1) is 0 Å². The molecule has 1 aliphatic rings. The lowest BCUT2D eigenvalue weighted by Crippen LogP contribution is -2.41. The van der Waals surface area contributed by atoms with Gasteiger partial charge in [-0.25, -0.2) is 0 Å². The highest BCUT2D eigenvalue weighted by atomic mass is 127. The summed E-state index contributed by atoms with van der Waals surface area (Å²) in [5.74, 6) is 1.04. The Labute approximate surface area is 172 Å². The molecule has 1 amide bonds. The second-order valence-corrected chi connectivity index (χ2v) is 7.08. The second-order valence-electron chi connectivity index (χ2n) is 6.08. The average molecular weight is 478 g/mol. The largest absolute Gasteiger partial charge is 0.357 e. The normalized spacial score (nSPS) is 13.8. The molecule has 5 nitrogen and oxygen atoms in total. The van der Waals surface area contributed by atoms with E-state index in [2.05, 4.69) is 40.9 Å². The number of carbonyl (C=O) groups excluding carboxylic acids is 1. The van der Waals surface area contributed by atoms with Crippen LogP contribution in [0.2, 0.25) is 0 Å². The molecule has 2 N–H and O–H groups in total. The van der Waals surface area contributed by atoms with Gasteiger partial charge in [0, 0.05) is 44.0 Å². The molecule has 0 saturated carbocycles. The summed E-state index contributed by atoms with van der Waals surface area (Å²) in [5, 5.41) is 8.64. The summed E-state index contributed by atoms with van der Waals surface area (Å²) in [7, 11) is 0. The molecule has 0 bridgehead atoms. The van der Waals surface area contributed by atoms with Crippen LogP contribution in [0.5, 0.6) is 0 Å². The van der Waals surface area contributed by atoms with E-state index in [0.29, 0.717) is 13.0 Å². The molecule has 0 fully saturated rings. The number of hydrogen-bond acceptors (Lipinski definition) is 3. The summed E-state index contributed by atoms with van der Waals surface area (Å²) in [6.45, 7) is 8.16. The summed E-state index contributed by atoms with van der Waals surface area (Å²) < 4.78 is 0. The fourth-order valence-corrected chi connectivity index (χ4v) is 3.69. The van der Waals surface area contributed by atoms with Crippen molar-refractivity contribution in [3.8, 4) is 0 Å². The lowest BCUT2D eigenvalue weighted by molar-refractivity contribution is -0.131. The van der Waals surface area contributed by atoms with E-state index in [0.717, 1.165) is 45.0 Å². The van der Waals surface area contributed by atoms with Gasteiger partial charge in [0.25, 0.3) is 0 Å². The third-order valence-electron chi connectivity index (χ3n) is 4.17. The summed E-state index contributed by atoms with van der Waals surface area (Å²) in [4.78, 5) is 20.4. The van der Waals surface area contributed by atoms with E-state index in [-0.39, 0.29) is 29.9 Å². The number of halogens is 1. The maximum Gasteiger partial charge on any atom is 0.224 e. The SMILES string of the molecule is CCCCCN=C(NCC)NCCC(=O)N1CCc2sccc2C1.I. The van der Waals surface area contributed by atoms with E-state index in [1.165, 1.54) is 23.3 Å². The van der Waals surface area contributed by atoms with Crippen molar-refractivity contribution < 1.29 is 4.79 Å². The van der Waals surface area contributed by atoms with Crippen LogP contribution < -0.4 is 10.6 Å². The minimum Gasteiger partial charge on any atom is -0.357 e. The number of rotatable bonds is 8. The quantitative estimate of drug-likeness (QED) is 0.261. The summed E-state index contributed by atoms with van der Waals surface area (Å²) in [6.07, 6.45) is 5.03. The van der Waals surface area contributed by atoms with Crippen molar-refractivity contribution in [2.45, 2.75) is 52.5 Å². The molecule has 0 atom stereocenters. The van der Waals surface area contributed by atoms with Crippen LogP contribution in [0, 0.1) is 0 Å². The molecule has 0 radical (unpaired) electrons. The van der Waals surface area contributed by atoms with E-state index in [9.17, 15) is 4.79 Å². The first-order valence-electron chi connectivity index (χ1n) is 9.09. The van der Waals surface area contributed by atoms with Gasteiger partial charge in [-0.3, -0.25) is 9.79 Å². The van der Waals surface area contributed by atoms with Gasteiger partial charge in [-0.2, -0.15) is 0 Å². The Hall–Kier alpha value is -0.830. The Kier molecular flexibility index (Phi) is 11.1. The number of guanidine groups is 1. The molecule has 0 aromatic carbocycles. The molecular weight excluding hydrogens is 447 g/mol. The van der Waals surface area contributed by atoms with E-state index in [4.69, 9.17) is 0 Å². The fraction of sp³-hybridized carbons (Fsp3) is 0.667. The van der Waals surface area contributed by atoms with Crippen LogP contribution >= 0.6 is 35.3 Å². The summed E-state index contributed by atoms with van der Waals surface area (Å²) in [6, 6.07) is 2.14. The van der Waals surface area contributed by atoms with Crippen LogP contribution in [0.1, 0.15) is 50.0 Å². The highest BCUT2D eigenvalue weighted by Crippen LogP contribution is 2.24. The molecule has 1 aromatic heterocycles. The van der Waals surface area contributed by atoms with Crippen molar-refractivity contribution in [2.75, 3.05) is 26.2 Å². The van der Waals surface area contributed by atoms with E-state index >= 15 is 0 Å². The molecule has 0 spiro atoms. The van der Waals surface area contributed by atoms with Crippen molar-refractivity contribution in [1.29, 1.82) is 0 Å². The minimum atomic E-state index is 0. The number of fused-ring (bicyclic) bond motifs is 1. The molecule has 1 aromatic rings. The van der Waals surface area contributed by atoms with Crippen molar-refractivity contribution in [3.05, 3.63) is 21.9 Å². The van der Waals surface area contributed by atoms with Crippen molar-refractivity contribution in [2.24, 2.45) is 4.99 Å². The summed E-state index contributed by atoms with van der Waals surface area (Å²) >= 11 is 1.80. The zero-order valence-corrected chi connectivity index (χ0v) is 18.5. The maximum atomic E-state index is 12.4. The predicted molar refractivity (Wildman–Crippen MR) is 117 cm³/mol. The van der Waals surface area contributed by atoms with Crippen LogP contribution in [0.3, 0.4) is 0 Å². The molecule has 0 saturated heterocycles. The molecule has 1 aliphatic heterocycles. The Morgan fingerprint density at radius 2 is 2.16 bits per heavy atom. The molecular formula is C18H31IN4OS. The third-order valence-corrected chi connectivity index (χ3v) is 5.19. The standard InChI is InChI=1S/C18H30N4OS.HI/c1-3-5-6-10-20-18(19-4-2)21-11-7-17(23)22-12-8-16-15(14-22)9-13-24-16;/h9,13H,3-8,10-12,14H2,1-2H3,(H2,19,20,21);1H. The van der Waals surface area contributed by atoms with Crippen molar-refractivity contribution >= 4 is 47.2 Å². The summed E-state index contributed by atoms with van der Waals surface area (Å²) in [5.41, 5.74) is 1.32. The number of carbonyl (C=O) groups is 1. The lowest BCUT2D eigenvalue weighted by atomic mass is 10.1. The number of aliphatic imine (C=N–C) groups is 1. The molecule has 7 heteroatoms. The Morgan fingerprint density at radius 3 is 2.92 bits per heavy atom. The van der Waals surface area contributed by atoms with Crippen LogP contribution in [-0.4, -0.2) is 42.9 Å². The number of amides is 1. The highest BCUT2D eigenvalue weighted by Gasteiger charge is 2.20. The number of nitrogens with zero attached hydrogens (tertiary/aromatic N) is 2. The van der Waals surface area contributed by atoms with Crippen LogP contribution in [0.4, 0.5) is 0 Å². The first-order chi connectivity index (χ1) is 11.7. The van der Waals surface area contributed by atoms with Gasteiger partial charge in [-0.15, -0.1) is 35.3 Å². The first-order valence-corrected chi connectivity index (χ1v) is 9.97. The van der Waals surface area contributed by atoms with Gasteiger partial charge < -0.3 is 15.5 Å². The predicted octanol–water partition coefficient (Wildman–Crippen LogP) is 3.39. The maximum absolute atomic E-state index is 12.4. The smallest absolute Gasteiger partial charge is 0.224 e. The van der Waals surface area contributed by atoms with E-state index in [1.54, 1.807) is 11.3 Å². The Bertz CT molecular complexity index is 547. The zero-order chi connectivity index (χ0) is 17.2. The van der Waals surface area contributed by atoms with Gasteiger partial charge in [-0.1, -0.05) is 19.8 Å². The molecule has 2 heterocycles. The topological polar surface area (TPSA) is 56.7 Å². The van der Waals surface area contributed by atoms with E-state index < -0.39 is 0 Å². The van der Waals surface area contributed by atoms with Crippen LogP contribution in [-0.2, 0) is 17.8 Å². The number of unbranched alkanes of at least 4 members (excludes halogenated alkanes) is 2. The van der Waals surface area contributed by atoms with Gasteiger partial charge in [0.15, 0.2) is 5.96 Å². The minimum absolute atomic E-state index is 0. The molecule has 0 aliphatic carbocycles.